The minimum absolute atomic E-state index is 0.0647. The molecule has 152 valence electrons. The molecule has 0 radical (unpaired) electrons. The van der Waals surface area contributed by atoms with Gasteiger partial charge in [0.15, 0.2) is 0 Å². The Kier molecular flexibility index (Phi) is 7.24. The molecule has 0 saturated carbocycles. The van der Waals surface area contributed by atoms with E-state index >= 15 is 0 Å². The summed E-state index contributed by atoms with van der Waals surface area (Å²) in [5.41, 5.74) is 2.71. The van der Waals surface area contributed by atoms with Crippen LogP contribution >= 0.6 is 0 Å². The van der Waals surface area contributed by atoms with E-state index in [2.05, 4.69) is 0 Å². The van der Waals surface area contributed by atoms with Crippen LogP contribution in [0.2, 0.25) is 0 Å². The molecule has 1 aliphatic rings. The zero-order valence-corrected chi connectivity index (χ0v) is 17.2. The van der Waals surface area contributed by atoms with Crippen molar-refractivity contribution in [3.63, 3.8) is 0 Å². The van der Waals surface area contributed by atoms with E-state index < -0.39 is 10.0 Å². The molecule has 0 amide bonds. The molecular formula is C22H29NO4S. The van der Waals surface area contributed by atoms with E-state index in [1.807, 2.05) is 49.4 Å². The number of aliphatic hydroxyl groups is 1. The lowest BCUT2D eigenvalue weighted by molar-refractivity contribution is 0.0323. The van der Waals surface area contributed by atoms with Crippen LogP contribution in [0.1, 0.15) is 36.0 Å². The highest BCUT2D eigenvalue weighted by atomic mass is 32.2. The number of aliphatic hydroxyl groups excluding tert-OH is 1. The summed E-state index contributed by atoms with van der Waals surface area (Å²) in [6.45, 7) is 3.32. The molecule has 1 unspecified atom stereocenters. The van der Waals surface area contributed by atoms with Gasteiger partial charge in [0, 0.05) is 19.7 Å². The summed E-state index contributed by atoms with van der Waals surface area (Å²) >= 11 is 0. The van der Waals surface area contributed by atoms with Gasteiger partial charge in [-0.2, -0.15) is 4.31 Å². The lowest BCUT2D eigenvalue weighted by Crippen LogP contribution is -2.33. The van der Waals surface area contributed by atoms with Crippen molar-refractivity contribution in [2.45, 2.75) is 50.2 Å². The molecule has 1 heterocycles. The fourth-order valence-corrected chi connectivity index (χ4v) is 5.43. The summed E-state index contributed by atoms with van der Waals surface area (Å²) < 4.78 is 34.2. The number of ether oxygens (including phenoxy) is 1. The molecule has 6 heteroatoms. The molecule has 1 fully saturated rings. The molecule has 1 aliphatic heterocycles. The van der Waals surface area contributed by atoms with Gasteiger partial charge in [0.05, 0.1) is 17.6 Å². The van der Waals surface area contributed by atoms with Crippen molar-refractivity contribution in [3.05, 3.63) is 65.2 Å². The van der Waals surface area contributed by atoms with Gasteiger partial charge < -0.3 is 9.84 Å². The zero-order valence-electron chi connectivity index (χ0n) is 16.4. The molecule has 5 nitrogen and oxygen atoms in total. The predicted molar refractivity (Wildman–Crippen MR) is 110 cm³/mol. The van der Waals surface area contributed by atoms with E-state index in [0.717, 1.165) is 24.0 Å². The van der Waals surface area contributed by atoms with Crippen molar-refractivity contribution in [2.24, 2.45) is 0 Å². The Hall–Kier alpha value is -1.73. The Balaban J connectivity index is 1.68. The minimum atomic E-state index is -3.58. The van der Waals surface area contributed by atoms with Crippen molar-refractivity contribution >= 4 is 10.0 Å². The van der Waals surface area contributed by atoms with E-state index in [1.54, 1.807) is 10.4 Å². The summed E-state index contributed by atoms with van der Waals surface area (Å²) in [7, 11) is -3.58. The Morgan fingerprint density at radius 2 is 1.89 bits per heavy atom. The molecule has 0 aliphatic carbocycles. The maximum Gasteiger partial charge on any atom is 0.243 e. The highest BCUT2D eigenvalue weighted by Gasteiger charge is 2.29. The molecule has 0 aromatic heterocycles. The summed E-state index contributed by atoms with van der Waals surface area (Å²) in [5.74, 6) is 0. The molecule has 2 aromatic carbocycles. The van der Waals surface area contributed by atoms with Gasteiger partial charge in [0.25, 0.3) is 0 Å². The third-order valence-corrected chi connectivity index (χ3v) is 7.17. The van der Waals surface area contributed by atoms with Gasteiger partial charge in [-0.3, -0.25) is 0 Å². The molecule has 1 saturated heterocycles. The minimum Gasteiger partial charge on any atom is -0.396 e. The maximum atomic E-state index is 13.3. The van der Waals surface area contributed by atoms with Gasteiger partial charge in [0.1, 0.15) is 0 Å². The van der Waals surface area contributed by atoms with Crippen LogP contribution in [0.4, 0.5) is 0 Å². The number of hydrogen-bond donors (Lipinski definition) is 1. The summed E-state index contributed by atoms with van der Waals surface area (Å²) in [6.07, 6.45) is 2.73. The Bertz CT molecular complexity index is 867. The predicted octanol–water partition coefficient (Wildman–Crippen LogP) is 3.29. The Labute approximate surface area is 168 Å². The average Bonchev–Trinajstić information content (AvgIpc) is 2.95. The van der Waals surface area contributed by atoms with Crippen LogP contribution in [0.25, 0.3) is 0 Å². The van der Waals surface area contributed by atoms with E-state index in [1.165, 1.54) is 0 Å². The molecule has 0 spiro atoms. The van der Waals surface area contributed by atoms with Crippen molar-refractivity contribution in [1.29, 1.82) is 0 Å². The molecular weight excluding hydrogens is 374 g/mol. The first-order valence-electron chi connectivity index (χ1n) is 9.87. The Morgan fingerprint density at radius 1 is 1.11 bits per heavy atom. The smallest absolute Gasteiger partial charge is 0.243 e. The van der Waals surface area contributed by atoms with Gasteiger partial charge in [-0.25, -0.2) is 8.42 Å². The van der Waals surface area contributed by atoms with Crippen molar-refractivity contribution < 1.29 is 18.3 Å². The van der Waals surface area contributed by atoms with E-state index in [0.29, 0.717) is 43.0 Å². The first kappa shape index (κ1) is 21.0. The molecule has 2 aromatic rings. The highest BCUT2D eigenvalue weighted by molar-refractivity contribution is 7.89. The van der Waals surface area contributed by atoms with Gasteiger partial charge in [-0.1, -0.05) is 42.5 Å². The maximum absolute atomic E-state index is 13.3. The molecule has 3 rings (SSSR count). The van der Waals surface area contributed by atoms with Gasteiger partial charge in [-0.05, 0) is 55.4 Å². The van der Waals surface area contributed by atoms with Crippen LogP contribution in [0.3, 0.4) is 0 Å². The number of hydrogen-bond acceptors (Lipinski definition) is 4. The molecule has 0 bridgehead atoms. The SMILES string of the molecule is Cc1ccc(CCO)c(S(=O)(=O)N2CCCC(OCc3ccccc3)CC2)c1. The fourth-order valence-electron chi connectivity index (χ4n) is 3.60. The second kappa shape index (κ2) is 9.65. The topological polar surface area (TPSA) is 66.8 Å². The average molecular weight is 404 g/mol. The van der Waals surface area contributed by atoms with Crippen LogP contribution in [0, 0.1) is 6.92 Å². The standard InChI is InChI=1S/C22H29NO4S/c1-18-9-10-20(12-15-24)22(16-18)28(25,26)23-13-5-8-21(11-14-23)27-17-19-6-3-2-4-7-19/h2-4,6-7,9-10,16,21,24H,5,8,11-15,17H2,1H3. The first-order valence-corrected chi connectivity index (χ1v) is 11.3. The highest BCUT2D eigenvalue weighted by Crippen LogP contribution is 2.26. The van der Waals surface area contributed by atoms with E-state index in [-0.39, 0.29) is 12.7 Å². The molecule has 1 atom stereocenters. The van der Waals surface area contributed by atoms with E-state index in [9.17, 15) is 13.5 Å². The van der Waals surface area contributed by atoms with Crippen molar-refractivity contribution in [3.8, 4) is 0 Å². The number of sulfonamides is 1. The second-order valence-corrected chi connectivity index (χ2v) is 9.24. The second-order valence-electron chi connectivity index (χ2n) is 7.34. The van der Waals surface area contributed by atoms with Crippen molar-refractivity contribution in [2.75, 3.05) is 19.7 Å². The van der Waals surface area contributed by atoms with Gasteiger partial charge >= 0.3 is 0 Å². The van der Waals surface area contributed by atoms with Crippen LogP contribution < -0.4 is 0 Å². The number of rotatable bonds is 7. The molecule has 28 heavy (non-hydrogen) atoms. The fraction of sp³-hybridized carbons (Fsp3) is 0.455. The number of aryl methyl sites for hydroxylation is 1. The quantitative estimate of drug-likeness (QED) is 0.770. The van der Waals surface area contributed by atoms with Crippen molar-refractivity contribution in [1.82, 2.24) is 4.31 Å². The van der Waals surface area contributed by atoms with Gasteiger partial charge in [0.2, 0.25) is 10.0 Å². The lowest BCUT2D eigenvalue weighted by Gasteiger charge is -2.22. The largest absolute Gasteiger partial charge is 0.396 e. The monoisotopic (exact) mass is 403 g/mol. The summed E-state index contributed by atoms with van der Waals surface area (Å²) in [6, 6.07) is 15.4. The Morgan fingerprint density at radius 3 is 2.64 bits per heavy atom. The zero-order chi connectivity index (χ0) is 20.0. The number of nitrogens with zero attached hydrogens (tertiary/aromatic N) is 1. The van der Waals surface area contributed by atoms with E-state index in [4.69, 9.17) is 4.74 Å². The third kappa shape index (κ3) is 5.20. The normalized spacial score (nSPS) is 18.7. The summed E-state index contributed by atoms with van der Waals surface area (Å²) in [4.78, 5) is 0.324. The molecule has 1 N–H and O–H groups in total. The lowest BCUT2D eigenvalue weighted by atomic mass is 10.1. The summed E-state index contributed by atoms with van der Waals surface area (Å²) in [5, 5.41) is 9.30. The first-order chi connectivity index (χ1) is 13.5. The van der Waals surface area contributed by atoms with Crippen LogP contribution in [0.5, 0.6) is 0 Å². The number of benzene rings is 2. The third-order valence-electron chi connectivity index (χ3n) is 5.18. The van der Waals surface area contributed by atoms with Crippen LogP contribution in [-0.4, -0.2) is 43.6 Å². The van der Waals surface area contributed by atoms with Crippen LogP contribution in [0.15, 0.2) is 53.4 Å². The van der Waals surface area contributed by atoms with Crippen LogP contribution in [-0.2, 0) is 27.8 Å². The van der Waals surface area contributed by atoms with Gasteiger partial charge in [-0.15, -0.1) is 0 Å².